The van der Waals surface area contributed by atoms with Gasteiger partial charge in [-0.15, -0.1) is 0 Å². The summed E-state index contributed by atoms with van der Waals surface area (Å²) in [5, 5.41) is 7.57. The molecule has 0 aliphatic carbocycles. The van der Waals surface area contributed by atoms with Gasteiger partial charge in [0.2, 0.25) is 0 Å². The van der Waals surface area contributed by atoms with Crippen LogP contribution in [0.3, 0.4) is 0 Å². The fourth-order valence-electron chi connectivity index (χ4n) is 3.44. The van der Waals surface area contributed by atoms with Gasteiger partial charge in [-0.25, -0.2) is 0 Å². The molecule has 7 heteroatoms. The molecule has 152 valence electrons. The maximum absolute atomic E-state index is 5.37. The third-order valence-corrected chi connectivity index (χ3v) is 5.30. The molecule has 0 radical (unpaired) electrons. The topological polar surface area (TPSA) is 66.1 Å². The van der Waals surface area contributed by atoms with Gasteiger partial charge in [-0.2, -0.15) is 0 Å². The highest BCUT2D eigenvalue weighted by Gasteiger charge is 2.24. The summed E-state index contributed by atoms with van der Waals surface area (Å²) < 4.78 is 10.3. The first-order chi connectivity index (χ1) is 13.5. The number of methoxy groups -OCH3 is 1. The van der Waals surface area contributed by atoms with Crippen LogP contribution in [-0.2, 0) is 12.0 Å². The molecule has 1 saturated heterocycles. The van der Waals surface area contributed by atoms with Gasteiger partial charge in [-0.1, -0.05) is 31.1 Å². The fourth-order valence-corrected chi connectivity index (χ4v) is 3.44. The normalized spacial score (nSPS) is 16.3. The Kier molecular flexibility index (Phi) is 6.57. The molecule has 1 aliphatic heterocycles. The van der Waals surface area contributed by atoms with Crippen LogP contribution in [0.1, 0.15) is 25.1 Å². The number of guanidine groups is 1. The van der Waals surface area contributed by atoms with Gasteiger partial charge in [-0.05, 0) is 17.7 Å². The van der Waals surface area contributed by atoms with Crippen molar-refractivity contribution in [2.45, 2.75) is 25.8 Å². The first-order valence-corrected chi connectivity index (χ1v) is 9.73. The van der Waals surface area contributed by atoms with E-state index in [9.17, 15) is 0 Å². The zero-order chi connectivity index (χ0) is 20.0. The van der Waals surface area contributed by atoms with Gasteiger partial charge in [0, 0.05) is 57.8 Å². The SMILES string of the molecule is CN=C(NCC(C)(C)c1cccc(OC)c1)N1CCN(Cc2ccon2)CC1. The lowest BCUT2D eigenvalue weighted by Gasteiger charge is -2.37. The number of hydrogen-bond donors (Lipinski definition) is 1. The van der Waals surface area contributed by atoms with Crippen molar-refractivity contribution >= 4 is 5.96 Å². The van der Waals surface area contributed by atoms with Crippen molar-refractivity contribution in [2.75, 3.05) is 46.9 Å². The Morgan fingerprint density at radius 2 is 2.04 bits per heavy atom. The number of benzene rings is 1. The van der Waals surface area contributed by atoms with E-state index >= 15 is 0 Å². The van der Waals surface area contributed by atoms with Crippen molar-refractivity contribution < 1.29 is 9.26 Å². The Hall–Kier alpha value is -2.54. The summed E-state index contributed by atoms with van der Waals surface area (Å²) >= 11 is 0. The van der Waals surface area contributed by atoms with Crippen LogP contribution in [0, 0.1) is 0 Å². The van der Waals surface area contributed by atoms with E-state index in [1.165, 1.54) is 5.56 Å². The van der Waals surface area contributed by atoms with Crippen LogP contribution in [0.5, 0.6) is 5.75 Å². The average molecular weight is 386 g/mol. The van der Waals surface area contributed by atoms with Crippen LogP contribution in [0.25, 0.3) is 0 Å². The van der Waals surface area contributed by atoms with E-state index < -0.39 is 0 Å². The lowest BCUT2D eigenvalue weighted by molar-refractivity contribution is 0.168. The number of aliphatic imine (C=N–C) groups is 1. The molecule has 1 fully saturated rings. The van der Waals surface area contributed by atoms with E-state index in [2.05, 4.69) is 51.2 Å². The molecule has 0 spiro atoms. The second kappa shape index (κ2) is 9.10. The van der Waals surface area contributed by atoms with Crippen LogP contribution in [0.15, 0.2) is 46.1 Å². The van der Waals surface area contributed by atoms with E-state index in [-0.39, 0.29) is 5.41 Å². The number of nitrogens with zero attached hydrogens (tertiary/aromatic N) is 4. The molecule has 0 amide bonds. The smallest absolute Gasteiger partial charge is 0.193 e. The van der Waals surface area contributed by atoms with E-state index in [1.807, 2.05) is 25.2 Å². The minimum absolute atomic E-state index is 0.0424. The van der Waals surface area contributed by atoms with Gasteiger partial charge in [-0.3, -0.25) is 9.89 Å². The lowest BCUT2D eigenvalue weighted by Crippen LogP contribution is -2.53. The van der Waals surface area contributed by atoms with Gasteiger partial charge in [0.25, 0.3) is 0 Å². The first kappa shape index (κ1) is 20.2. The van der Waals surface area contributed by atoms with E-state index in [1.54, 1.807) is 13.4 Å². The molecule has 1 aliphatic rings. The predicted molar refractivity (Wildman–Crippen MR) is 111 cm³/mol. The van der Waals surface area contributed by atoms with Crippen LogP contribution in [-0.4, -0.2) is 67.8 Å². The minimum atomic E-state index is -0.0424. The largest absolute Gasteiger partial charge is 0.497 e. The summed E-state index contributed by atoms with van der Waals surface area (Å²) in [5.41, 5.74) is 2.18. The Morgan fingerprint density at radius 3 is 2.68 bits per heavy atom. The van der Waals surface area contributed by atoms with Crippen LogP contribution in [0.4, 0.5) is 0 Å². The molecule has 1 aromatic heterocycles. The van der Waals surface area contributed by atoms with Crippen molar-refractivity contribution in [1.82, 2.24) is 20.3 Å². The predicted octanol–water partition coefficient (Wildman–Crippen LogP) is 2.35. The van der Waals surface area contributed by atoms with Gasteiger partial charge in [0.1, 0.15) is 12.0 Å². The molecule has 7 nitrogen and oxygen atoms in total. The highest BCUT2D eigenvalue weighted by molar-refractivity contribution is 5.80. The van der Waals surface area contributed by atoms with E-state index in [4.69, 9.17) is 9.26 Å². The zero-order valence-electron chi connectivity index (χ0n) is 17.3. The minimum Gasteiger partial charge on any atom is -0.497 e. The summed E-state index contributed by atoms with van der Waals surface area (Å²) in [6.45, 7) is 9.94. The van der Waals surface area contributed by atoms with Gasteiger partial charge < -0.3 is 19.5 Å². The second-order valence-corrected chi connectivity index (χ2v) is 7.77. The molecule has 3 rings (SSSR count). The Labute approximate surface area is 167 Å². The lowest BCUT2D eigenvalue weighted by atomic mass is 9.84. The number of aromatic nitrogens is 1. The van der Waals surface area contributed by atoms with Crippen molar-refractivity contribution in [1.29, 1.82) is 0 Å². The van der Waals surface area contributed by atoms with Crippen molar-refractivity contribution in [2.24, 2.45) is 4.99 Å². The van der Waals surface area contributed by atoms with Crippen molar-refractivity contribution in [3.8, 4) is 5.75 Å². The third kappa shape index (κ3) is 5.04. The number of piperazine rings is 1. The average Bonchev–Trinajstić information content (AvgIpc) is 3.22. The van der Waals surface area contributed by atoms with E-state index in [0.717, 1.165) is 56.7 Å². The highest BCUT2D eigenvalue weighted by atomic mass is 16.5. The summed E-state index contributed by atoms with van der Waals surface area (Å²) in [6, 6.07) is 10.2. The molecule has 28 heavy (non-hydrogen) atoms. The Morgan fingerprint density at radius 1 is 1.25 bits per heavy atom. The van der Waals surface area contributed by atoms with Crippen molar-refractivity contribution in [3.05, 3.63) is 47.9 Å². The molecule has 0 unspecified atom stereocenters. The quantitative estimate of drug-likeness (QED) is 0.608. The number of nitrogens with one attached hydrogen (secondary N) is 1. The third-order valence-electron chi connectivity index (χ3n) is 5.30. The first-order valence-electron chi connectivity index (χ1n) is 9.73. The summed E-state index contributed by atoms with van der Waals surface area (Å²) in [5.74, 6) is 1.84. The highest BCUT2D eigenvalue weighted by Crippen LogP contribution is 2.25. The zero-order valence-corrected chi connectivity index (χ0v) is 17.3. The fraction of sp³-hybridized carbons (Fsp3) is 0.524. The molecule has 0 saturated carbocycles. The maximum Gasteiger partial charge on any atom is 0.193 e. The molecule has 1 aromatic carbocycles. The molecular weight excluding hydrogens is 354 g/mol. The van der Waals surface area contributed by atoms with Gasteiger partial charge in [0.15, 0.2) is 5.96 Å². The second-order valence-electron chi connectivity index (χ2n) is 7.77. The molecule has 0 bridgehead atoms. The van der Waals surface area contributed by atoms with Gasteiger partial charge >= 0.3 is 0 Å². The molecule has 2 aromatic rings. The standard InChI is InChI=1S/C21H31N5O2/c1-21(2,17-6-5-7-19(14-17)27-4)16-23-20(22-3)26-11-9-25(10-12-26)15-18-8-13-28-24-18/h5-8,13-14H,9-12,15-16H2,1-4H3,(H,22,23). The van der Waals surface area contributed by atoms with Crippen LogP contribution in [0.2, 0.25) is 0 Å². The summed E-state index contributed by atoms with van der Waals surface area (Å²) in [6.07, 6.45) is 1.63. The summed E-state index contributed by atoms with van der Waals surface area (Å²) in [4.78, 5) is 9.21. The van der Waals surface area contributed by atoms with Crippen LogP contribution < -0.4 is 10.1 Å². The monoisotopic (exact) mass is 385 g/mol. The molecule has 1 N–H and O–H groups in total. The summed E-state index contributed by atoms with van der Waals surface area (Å²) in [7, 11) is 3.55. The van der Waals surface area contributed by atoms with Crippen LogP contribution >= 0.6 is 0 Å². The Balaban J connectivity index is 1.53. The number of rotatable bonds is 6. The number of ether oxygens (including phenoxy) is 1. The maximum atomic E-state index is 5.37. The van der Waals surface area contributed by atoms with Gasteiger partial charge in [0.05, 0.1) is 12.8 Å². The molecule has 2 heterocycles. The van der Waals surface area contributed by atoms with E-state index in [0.29, 0.717) is 0 Å². The molecule has 0 atom stereocenters. The number of hydrogen-bond acceptors (Lipinski definition) is 5. The molecular formula is C21H31N5O2. The van der Waals surface area contributed by atoms with Crippen molar-refractivity contribution in [3.63, 3.8) is 0 Å². The Bertz CT molecular complexity index is 765.